The largest absolute Gasteiger partial charge is 0.446 e. The fourth-order valence-corrected chi connectivity index (χ4v) is 4.74. The van der Waals surface area contributed by atoms with Crippen LogP contribution in [0.15, 0.2) is 102 Å². The highest BCUT2D eigenvalue weighted by molar-refractivity contribution is 6.10. The molecule has 38 heavy (non-hydrogen) atoms. The number of carbonyl (C=O) groups is 2. The summed E-state index contributed by atoms with van der Waals surface area (Å²) >= 11 is 0. The highest BCUT2D eigenvalue weighted by atomic mass is 16.5. The maximum absolute atomic E-state index is 12.9. The number of carbonyl (C=O) groups excluding carboxylic acids is 2. The van der Waals surface area contributed by atoms with Crippen LogP contribution in [-0.2, 0) is 14.3 Å². The van der Waals surface area contributed by atoms with Crippen molar-refractivity contribution in [2.24, 2.45) is 5.10 Å². The molecule has 0 saturated heterocycles. The van der Waals surface area contributed by atoms with E-state index in [1.165, 1.54) is 18.9 Å². The van der Waals surface area contributed by atoms with Gasteiger partial charge in [-0.05, 0) is 29.0 Å². The molecule has 1 atom stereocenters. The van der Waals surface area contributed by atoms with Crippen molar-refractivity contribution >= 4 is 39.4 Å². The average Bonchev–Trinajstić information content (AvgIpc) is 3.38. The molecule has 0 fully saturated rings. The Balaban J connectivity index is 1.53. The SMILES string of the molecule is CC(=O)Oc1ccc2ccccc2c1C1=NN(C(C)=O)C(c2cc(-c3ccccc3)nc3ccccc23)O1. The molecule has 5 aromatic rings. The van der Waals surface area contributed by atoms with Crippen molar-refractivity contribution in [3.05, 3.63) is 108 Å². The first-order chi connectivity index (χ1) is 18.5. The van der Waals surface area contributed by atoms with Gasteiger partial charge in [-0.2, -0.15) is 5.01 Å². The highest BCUT2D eigenvalue weighted by Gasteiger charge is 2.36. The van der Waals surface area contributed by atoms with Gasteiger partial charge in [-0.3, -0.25) is 9.59 Å². The van der Waals surface area contributed by atoms with E-state index in [-0.39, 0.29) is 11.8 Å². The molecule has 0 radical (unpaired) electrons. The van der Waals surface area contributed by atoms with Gasteiger partial charge < -0.3 is 9.47 Å². The third-order valence-corrected chi connectivity index (χ3v) is 6.41. The molecule has 1 unspecified atom stereocenters. The van der Waals surface area contributed by atoms with E-state index >= 15 is 0 Å². The first-order valence-corrected chi connectivity index (χ1v) is 12.2. The predicted octanol–water partition coefficient (Wildman–Crippen LogP) is 6.22. The van der Waals surface area contributed by atoms with E-state index < -0.39 is 12.2 Å². The minimum Gasteiger partial charge on any atom is -0.446 e. The fraction of sp³-hybridized carbons (Fsp3) is 0.0968. The van der Waals surface area contributed by atoms with Crippen LogP contribution in [0.25, 0.3) is 32.9 Å². The predicted molar refractivity (Wildman–Crippen MR) is 145 cm³/mol. The zero-order valence-corrected chi connectivity index (χ0v) is 20.8. The van der Waals surface area contributed by atoms with E-state index in [1.807, 2.05) is 91.0 Å². The van der Waals surface area contributed by atoms with E-state index in [0.717, 1.165) is 38.5 Å². The molecule has 1 aromatic heterocycles. The van der Waals surface area contributed by atoms with Crippen molar-refractivity contribution in [3.8, 4) is 17.0 Å². The molecule has 0 N–H and O–H groups in total. The number of para-hydroxylation sites is 1. The summed E-state index contributed by atoms with van der Waals surface area (Å²) < 4.78 is 12.0. The number of ether oxygens (including phenoxy) is 2. The maximum Gasteiger partial charge on any atom is 0.308 e. The van der Waals surface area contributed by atoms with Gasteiger partial charge in [0.15, 0.2) is 0 Å². The van der Waals surface area contributed by atoms with E-state index in [1.54, 1.807) is 6.07 Å². The van der Waals surface area contributed by atoms with Gasteiger partial charge in [0.2, 0.25) is 18.0 Å². The molecular formula is C31H23N3O4. The second-order valence-electron chi connectivity index (χ2n) is 8.97. The molecule has 4 aromatic carbocycles. The van der Waals surface area contributed by atoms with Crippen LogP contribution in [0.5, 0.6) is 5.75 Å². The molecule has 0 aliphatic carbocycles. The molecule has 0 bridgehead atoms. The lowest BCUT2D eigenvalue weighted by atomic mass is 10.0. The van der Waals surface area contributed by atoms with Gasteiger partial charge in [0, 0.05) is 30.4 Å². The summed E-state index contributed by atoms with van der Waals surface area (Å²) in [7, 11) is 0. The molecule has 6 rings (SSSR count). The number of pyridine rings is 1. The number of hydrogen-bond donors (Lipinski definition) is 0. The standard InChI is InChI=1S/C31H23N3O4/c1-19(35)34-31(25-18-27(22-11-4-3-5-12-22)32-26-15-9-8-14-24(25)26)38-30(33-34)29-23-13-7-6-10-21(23)16-17-28(29)37-20(2)36/h3-18,31H,1-2H3. The number of nitrogens with zero attached hydrogens (tertiary/aromatic N) is 3. The summed E-state index contributed by atoms with van der Waals surface area (Å²) in [6.45, 7) is 2.79. The highest BCUT2D eigenvalue weighted by Crippen LogP contribution is 2.39. The number of esters is 1. The Kier molecular flexibility index (Phi) is 5.81. The molecule has 2 heterocycles. The molecule has 1 aliphatic heterocycles. The van der Waals surface area contributed by atoms with Crippen molar-refractivity contribution in [1.29, 1.82) is 0 Å². The summed E-state index contributed by atoms with van der Waals surface area (Å²) in [5.74, 6) is -0.252. The van der Waals surface area contributed by atoms with Gasteiger partial charge in [0.05, 0.1) is 16.8 Å². The Morgan fingerprint density at radius 2 is 1.55 bits per heavy atom. The summed E-state index contributed by atoms with van der Waals surface area (Å²) in [5.41, 5.74) is 3.73. The van der Waals surface area contributed by atoms with Gasteiger partial charge in [-0.25, -0.2) is 4.98 Å². The Morgan fingerprint density at radius 1 is 0.842 bits per heavy atom. The van der Waals surface area contributed by atoms with E-state index in [2.05, 4.69) is 5.10 Å². The van der Waals surface area contributed by atoms with Gasteiger partial charge in [0.25, 0.3) is 0 Å². The molecule has 1 amide bonds. The molecule has 7 nitrogen and oxygen atoms in total. The summed E-state index contributed by atoms with van der Waals surface area (Å²) in [6, 6.07) is 30.8. The zero-order valence-electron chi connectivity index (χ0n) is 20.8. The topological polar surface area (TPSA) is 81.1 Å². The number of hydrazone groups is 1. The number of rotatable bonds is 4. The third kappa shape index (κ3) is 4.14. The molecule has 0 saturated carbocycles. The summed E-state index contributed by atoms with van der Waals surface area (Å²) in [6.07, 6.45) is -0.845. The van der Waals surface area contributed by atoms with Gasteiger partial charge in [-0.1, -0.05) is 78.9 Å². The van der Waals surface area contributed by atoms with Crippen LogP contribution in [0.1, 0.15) is 31.2 Å². The lowest BCUT2D eigenvalue weighted by Gasteiger charge is -2.22. The van der Waals surface area contributed by atoms with Gasteiger partial charge >= 0.3 is 5.97 Å². The van der Waals surface area contributed by atoms with Gasteiger partial charge in [0.1, 0.15) is 5.75 Å². The van der Waals surface area contributed by atoms with E-state index in [9.17, 15) is 9.59 Å². The van der Waals surface area contributed by atoms with Crippen LogP contribution in [0.2, 0.25) is 0 Å². The lowest BCUT2D eigenvalue weighted by molar-refractivity contribution is -0.135. The minimum atomic E-state index is -0.845. The third-order valence-electron chi connectivity index (χ3n) is 6.41. The fourth-order valence-electron chi connectivity index (χ4n) is 4.74. The molecule has 7 heteroatoms. The smallest absolute Gasteiger partial charge is 0.308 e. The number of benzene rings is 4. The summed E-state index contributed by atoms with van der Waals surface area (Å²) in [4.78, 5) is 29.6. The zero-order chi connectivity index (χ0) is 26.2. The minimum absolute atomic E-state index is 0.195. The van der Waals surface area contributed by atoms with Crippen molar-refractivity contribution in [1.82, 2.24) is 9.99 Å². The Labute approximate surface area is 218 Å². The van der Waals surface area contributed by atoms with Gasteiger partial charge in [-0.15, -0.1) is 5.10 Å². The second kappa shape index (κ2) is 9.44. The first kappa shape index (κ1) is 23.4. The Morgan fingerprint density at radius 3 is 2.32 bits per heavy atom. The van der Waals surface area contributed by atoms with Crippen molar-refractivity contribution in [3.63, 3.8) is 0 Å². The maximum atomic E-state index is 12.9. The number of aromatic nitrogens is 1. The van der Waals surface area contributed by atoms with Crippen LogP contribution < -0.4 is 4.74 Å². The molecular weight excluding hydrogens is 478 g/mol. The van der Waals surface area contributed by atoms with Crippen molar-refractivity contribution < 1.29 is 19.1 Å². The van der Waals surface area contributed by atoms with E-state index in [4.69, 9.17) is 14.5 Å². The van der Waals surface area contributed by atoms with Crippen LogP contribution in [0, 0.1) is 0 Å². The Bertz CT molecular complexity index is 1750. The number of amides is 1. The molecule has 0 spiro atoms. The summed E-state index contributed by atoms with van der Waals surface area (Å²) in [5, 5.41) is 8.49. The lowest BCUT2D eigenvalue weighted by Crippen LogP contribution is -2.25. The average molecular weight is 502 g/mol. The normalized spacial score (nSPS) is 14.8. The quantitative estimate of drug-likeness (QED) is 0.216. The van der Waals surface area contributed by atoms with Crippen LogP contribution in [-0.4, -0.2) is 27.8 Å². The van der Waals surface area contributed by atoms with E-state index in [0.29, 0.717) is 11.3 Å². The van der Waals surface area contributed by atoms with Crippen LogP contribution in [0.4, 0.5) is 0 Å². The first-order valence-electron chi connectivity index (χ1n) is 12.2. The number of hydrogen-bond acceptors (Lipinski definition) is 6. The monoisotopic (exact) mass is 501 g/mol. The molecule has 1 aliphatic rings. The van der Waals surface area contributed by atoms with Crippen LogP contribution >= 0.6 is 0 Å². The number of fused-ring (bicyclic) bond motifs is 2. The Hall–Kier alpha value is -5.04. The van der Waals surface area contributed by atoms with Crippen molar-refractivity contribution in [2.45, 2.75) is 20.1 Å². The van der Waals surface area contributed by atoms with Crippen LogP contribution in [0.3, 0.4) is 0 Å². The van der Waals surface area contributed by atoms with Crippen molar-refractivity contribution in [2.75, 3.05) is 0 Å². The second-order valence-corrected chi connectivity index (χ2v) is 8.97. The molecule has 186 valence electrons.